The Hall–Kier alpha value is -2.39. The van der Waals surface area contributed by atoms with E-state index < -0.39 is 0 Å². The molecule has 0 fully saturated rings. The predicted octanol–water partition coefficient (Wildman–Crippen LogP) is 3.41. The van der Waals surface area contributed by atoms with Crippen LogP contribution in [0.15, 0.2) is 60.7 Å². The summed E-state index contributed by atoms with van der Waals surface area (Å²) >= 11 is 0. The van der Waals surface area contributed by atoms with Crippen molar-refractivity contribution in [3.63, 3.8) is 0 Å². The number of carbonyl (C=O) groups excluding carboxylic acids is 1. The van der Waals surface area contributed by atoms with Gasteiger partial charge < -0.3 is 9.64 Å². The highest BCUT2D eigenvalue weighted by atomic mass is 16.5. The molecule has 0 aromatic heterocycles. The van der Waals surface area contributed by atoms with Crippen LogP contribution in [0.5, 0.6) is 5.75 Å². The maximum atomic E-state index is 11.2. The molecule has 0 aliphatic heterocycles. The third kappa shape index (κ3) is 4.86. The molecular formula is C19H21NO2. The van der Waals surface area contributed by atoms with Crippen LogP contribution in [0.25, 0.3) is 5.57 Å². The maximum absolute atomic E-state index is 11.2. The first kappa shape index (κ1) is 16.0. The van der Waals surface area contributed by atoms with Crippen LogP contribution in [0.1, 0.15) is 11.1 Å². The lowest BCUT2D eigenvalue weighted by atomic mass is 10.1. The van der Waals surface area contributed by atoms with Gasteiger partial charge in [-0.1, -0.05) is 48.5 Å². The quantitative estimate of drug-likeness (QED) is 0.579. The van der Waals surface area contributed by atoms with Gasteiger partial charge in [0, 0.05) is 12.1 Å². The summed E-state index contributed by atoms with van der Waals surface area (Å²) in [5.74, 6) is 0.797. The van der Waals surface area contributed by atoms with Crippen molar-refractivity contribution in [1.82, 2.24) is 4.90 Å². The van der Waals surface area contributed by atoms with Crippen molar-refractivity contribution < 1.29 is 9.53 Å². The third-order valence-electron chi connectivity index (χ3n) is 3.24. The Morgan fingerprint density at radius 1 is 1.05 bits per heavy atom. The van der Waals surface area contributed by atoms with Crippen molar-refractivity contribution in [3.8, 4) is 5.75 Å². The van der Waals surface area contributed by atoms with Crippen LogP contribution in [0.4, 0.5) is 0 Å². The van der Waals surface area contributed by atoms with E-state index in [1.54, 1.807) is 0 Å². The van der Waals surface area contributed by atoms with Crippen molar-refractivity contribution >= 4 is 11.9 Å². The van der Waals surface area contributed by atoms with Crippen molar-refractivity contribution in [2.75, 3.05) is 20.6 Å². The van der Waals surface area contributed by atoms with Crippen molar-refractivity contribution in [1.29, 1.82) is 0 Å². The Labute approximate surface area is 131 Å². The van der Waals surface area contributed by atoms with E-state index in [1.165, 1.54) is 0 Å². The summed E-state index contributed by atoms with van der Waals surface area (Å²) in [5.41, 5.74) is 2.73. The molecule has 2 aromatic carbocycles. The summed E-state index contributed by atoms with van der Waals surface area (Å²) in [4.78, 5) is 13.2. The molecule has 114 valence electrons. The fourth-order valence-corrected chi connectivity index (χ4v) is 2.00. The summed E-state index contributed by atoms with van der Waals surface area (Å²) in [5, 5.41) is 0. The van der Waals surface area contributed by atoms with Crippen LogP contribution in [0, 0.1) is 0 Å². The molecule has 0 N–H and O–H groups in total. The van der Waals surface area contributed by atoms with E-state index in [4.69, 9.17) is 4.74 Å². The highest BCUT2D eigenvalue weighted by Gasteiger charge is 2.02. The second-order valence-electron chi connectivity index (χ2n) is 5.34. The van der Waals surface area contributed by atoms with Gasteiger partial charge in [0.1, 0.15) is 18.6 Å². The standard InChI is InChI=1S/C19H21NO2/c1-20(2)13-12-18(14-21)17-8-10-19(11-9-17)22-15-16-6-4-3-5-7-16/h3-12,14H,13,15H2,1-2H3/b18-12-. The minimum Gasteiger partial charge on any atom is -0.489 e. The topological polar surface area (TPSA) is 29.5 Å². The van der Waals surface area contributed by atoms with E-state index in [1.807, 2.05) is 79.7 Å². The zero-order valence-electron chi connectivity index (χ0n) is 13.0. The number of aldehydes is 1. The van der Waals surface area contributed by atoms with Gasteiger partial charge in [-0.15, -0.1) is 0 Å². The number of likely N-dealkylation sites (N-methyl/N-ethyl adjacent to an activating group) is 1. The van der Waals surface area contributed by atoms with E-state index in [-0.39, 0.29) is 0 Å². The molecule has 3 nitrogen and oxygen atoms in total. The van der Waals surface area contributed by atoms with Crippen LogP contribution in [0.3, 0.4) is 0 Å². The fourth-order valence-electron chi connectivity index (χ4n) is 2.00. The second-order valence-corrected chi connectivity index (χ2v) is 5.34. The van der Waals surface area contributed by atoms with Crippen molar-refractivity contribution in [3.05, 3.63) is 71.8 Å². The summed E-state index contributed by atoms with van der Waals surface area (Å²) < 4.78 is 5.74. The Balaban J connectivity index is 2.00. The van der Waals surface area contributed by atoms with Gasteiger partial charge >= 0.3 is 0 Å². The highest BCUT2D eigenvalue weighted by Crippen LogP contribution is 2.18. The lowest BCUT2D eigenvalue weighted by Gasteiger charge is -2.09. The number of hydrogen-bond acceptors (Lipinski definition) is 3. The number of rotatable bonds is 7. The Morgan fingerprint density at radius 3 is 2.32 bits per heavy atom. The van der Waals surface area contributed by atoms with Gasteiger partial charge in [0.25, 0.3) is 0 Å². The molecule has 0 atom stereocenters. The Morgan fingerprint density at radius 2 is 1.73 bits per heavy atom. The summed E-state index contributed by atoms with van der Waals surface area (Å²) in [6, 6.07) is 17.6. The zero-order chi connectivity index (χ0) is 15.8. The predicted molar refractivity (Wildman–Crippen MR) is 89.8 cm³/mol. The molecule has 0 radical (unpaired) electrons. The Kier molecular flexibility index (Phi) is 5.92. The van der Waals surface area contributed by atoms with Gasteiger partial charge in [-0.2, -0.15) is 0 Å². The zero-order valence-corrected chi connectivity index (χ0v) is 13.0. The van der Waals surface area contributed by atoms with Gasteiger partial charge in [0.05, 0.1) is 0 Å². The minimum atomic E-state index is 0.539. The molecule has 2 rings (SSSR count). The fraction of sp³-hybridized carbons (Fsp3) is 0.211. The molecule has 0 spiro atoms. The summed E-state index contributed by atoms with van der Waals surface area (Å²) in [7, 11) is 3.94. The smallest absolute Gasteiger partial charge is 0.150 e. The van der Waals surface area contributed by atoms with Crippen LogP contribution in [-0.2, 0) is 11.4 Å². The first-order chi connectivity index (χ1) is 10.7. The number of benzene rings is 2. The monoisotopic (exact) mass is 295 g/mol. The van der Waals surface area contributed by atoms with Crippen LogP contribution >= 0.6 is 0 Å². The molecule has 22 heavy (non-hydrogen) atoms. The van der Waals surface area contributed by atoms with Crippen LogP contribution in [0.2, 0.25) is 0 Å². The number of nitrogens with zero attached hydrogens (tertiary/aromatic N) is 1. The third-order valence-corrected chi connectivity index (χ3v) is 3.24. The lowest BCUT2D eigenvalue weighted by molar-refractivity contribution is -0.103. The molecular weight excluding hydrogens is 274 g/mol. The highest BCUT2D eigenvalue weighted by molar-refractivity contribution is 6.06. The Bertz CT molecular complexity index is 616. The molecule has 0 heterocycles. The molecule has 2 aromatic rings. The number of carbonyl (C=O) groups is 1. The normalized spacial score (nSPS) is 11.5. The summed E-state index contributed by atoms with van der Waals surface area (Å²) in [6.07, 6.45) is 2.82. The average molecular weight is 295 g/mol. The van der Waals surface area contributed by atoms with Crippen molar-refractivity contribution in [2.24, 2.45) is 0 Å². The van der Waals surface area contributed by atoms with E-state index in [0.717, 1.165) is 29.7 Å². The number of hydrogen-bond donors (Lipinski definition) is 0. The number of ether oxygens (including phenoxy) is 1. The van der Waals surface area contributed by atoms with Crippen molar-refractivity contribution in [2.45, 2.75) is 6.61 Å². The van der Waals surface area contributed by atoms with E-state index in [9.17, 15) is 4.79 Å². The maximum Gasteiger partial charge on any atom is 0.150 e. The van der Waals surface area contributed by atoms with Gasteiger partial charge in [-0.05, 0) is 37.4 Å². The molecule has 3 heteroatoms. The minimum absolute atomic E-state index is 0.539. The molecule has 0 unspecified atom stereocenters. The molecule has 0 bridgehead atoms. The largest absolute Gasteiger partial charge is 0.489 e. The lowest BCUT2D eigenvalue weighted by Crippen LogP contribution is -2.11. The van der Waals surface area contributed by atoms with Crippen LogP contribution < -0.4 is 4.74 Å². The molecule has 0 aliphatic rings. The SMILES string of the molecule is CN(C)C/C=C(/C=O)c1ccc(OCc2ccccc2)cc1. The number of allylic oxidation sites excluding steroid dienone is 1. The average Bonchev–Trinajstić information content (AvgIpc) is 2.55. The molecule has 0 saturated heterocycles. The molecule has 0 saturated carbocycles. The van der Waals surface area contributed by atoms with Gasteiger partial charge in [-0.25, -0.2) is 0 Å². The summed E-state index contributed by atoms with van der Waals surface area (Å²) in [6.45, 7) is 1.28. The second kappa shape index (κ2) is 8.15. The van der Waals surface area contributed by atoms with E-state index in [2.05, 4.69) is 0 Å². The van der Waals surface area contributed by atoms with Crippen LogP contribution in [-0.4, -0.2) is 31.8 Å². The first-order valence-electron chi connectivity index (χ1n) is 7.26. The molecule has 0 aliphatic carbocycles. The van der Waals surface area contributed by atoms with Gasteiger partial charge in [-0.3, -0.25) is 4.79 Å². The van der Waals surface area contributed by atoms with E-state index in [0.29, 0.717) is 12.2 Å². The van der Waals surface area contributed by atoms with Gasteiger partial charge in [0.2, 0.25) is 0 Å². The molecule has 0 amide bonds. The first-order valence-corrected chi connectivity index (χ1v) is 7.26. The van der Waals surface area contributed by atoms with Gasteiger partial charge in [0.15, 0.2) is 0 Å². The van der Waals surface area contributed by atoms with E-state index >= 15 is 0 Å².